The van der Waals surface area contributed by atoms with Crippen molar-refractivity contribution in [2.24, 2.45) is 0 Å². The van der Waals surface area contributed by atoms with Crippen molar-refractivity contribution >= 4 is 39.1 Å². The first-order chi connectivity index (χ1) is 13.3. The van der Waals surface area contributed by atoms with E-state index in [9.17, 15) is 0 Å². The molecule has 1 N–H and O–H groups in total. The van der Waals surface area contributed by atoms with Gasteiger partial charge in [-0.15, -0.1) is 16.4 Å². The molecule has 0 atom stereocenters. The molecule has 27 heavy (non-hydrogen) atoms. The quantitative estimate of drug-likeness (QED) is 0.509. The molecule has 0 aliphatic rings. The minimum absolute atomic E-state index is 0.482. The third kappa shape index (κ3) is 2.85. The van der Waals surface area contributed by atoms with Crippen LogP contribution in [0.2, 0.25) is 0 Å². The zero-order chi connectivity index (χ0) is 18.2. The number of ether oxygens (including phenoxy) is 1. The minimum atomic E-state index is 0.482. The normalized spacial score (nSPS) is 11.1. The van der Waals surface area contributed by atoms with Crippen molar-refractivity contribution in [3.63, 3.8) is 0 Å². The van der Waals surface area contributed by atoms with E-state index >= 15 is 0 Å². The maximum absolute atomic E-state index is 5.31. The molecule has 7 nitrogen and oxygen atoms in total. The lowest BCUT2D eigenvalue weighted by Gasteiger charge is -2.03. The van der Waals surface area contributed by atoms with Gasteiger partial charge in [-0.05, 0) is 24.3 Å². The summed E-state index contributed by atoms with van der Waals surface area (Å²) in [6, 6.07) is 15.6. The number of hydrogen-bond donors (Lipinski definition) is 1. The van der Waals surface area contributed by atoms with Crippen LogP contribution in [-0.2, 0) is 0 Å². The van der Waals surface area contributed by atoms with Gasteiger partial charge < -0.3 is 10.1 Å². The van der Waals surface area contributed by atoms with Crippen LogP contribution in [0.25, 0.3) is 27.3 Å². The first-order valence-electron chi connectivity index (χ1n) is 8.28. The second-order valence-corrected chi connectivity index (χ2v) is 6.69. The summed E-state index contributed by atoms with van der Waals surface area (Å²) in [6.45, 7) is 0. The molecule has 0 saturated heterocycles. The number of para-hydroxylation sites is 2. The van der Waals surface area contributed by atoms with Crippen LogP contribution in [0.15, 0.2) is 60.1 Å². The smallest absolute Gasteiger partial charge is 0.249 e. The first-order valence-corrected chi connectivity index (χ1v) is 9.15. The molecule has 0 fully saturated rings. The number of methoxy groups -OCH3 is 1. The summed E-state index contributed by atoms with van der Waals surface area (Å²) < 4.78 is 7.13. The molecule has 0 radical (unpaired) electrons. The Bertz CT molecular complexity index is 1260. The molecule has 0 amide bonds. The number of nitrogens with zero attached hydrogens (tertiary/aromatic N) is 5. The molecule has 8 heteroatoms. The van der Waals surface area contributed by atoms with Crippen LogP contribution in [0.3, 0.4) is 0 Å². The monoisotopic (exact) mass is 374 g/mol. The molecule has 0 saturated carbocycles. The summed E-state index contributed by atoms with van der Waals surface area (Å²) in [5.41, 5.74) is 3.64. The molecule has 132 valence electrons. The fourth-order valence-corrected chi connectivity index (χ4v) is 3.68. The number of hydrogen-bond acceptors (Lipinski definition) is 7. The fraction of sp³-hybridized carbons (Fsp3) is 0.0526. The van der Waals surface area contributed by atoms with E-state index in [2.05, 4.69) is 25.4 Å². The summed E-state index contributed by atoms with van der Waals surface area (Å²) in [4.78, 5) is 14.3. The Morgan fingerprint density at radius 2 is 1.93 bits per heavy atom. The van der Waals surface area contributed by atoms with Crippen LogP contribution in [0.5, 0.6) is 5.75 Å². The van der Waals surface area contributed by atoms with Crippen LogP contribution >= 0.6 is 11.3 Å². The van der Waals surface area contributed by atoms with E-state index in [1.165, 1.54) is 11.3 Å². The van der Waals surface area contributed by atoms with Crippen LogP contribution in [-0.4, -0.2) is 31.7 Å². The number of thiazole rings is 1. The molecule has 0 bridgehead atoms. The zero-order valence-electron chi connectivity index (χ0n) is 14.3. The number of nitrogens with one attached hydrogen (secondary N) is 1. The van der Waals surface area contributed by atoms with Gasteiger partial charge in [0, 0.05) is 10.9 Å². The summed E-state index contributed by atoms with van der Waals surface area (Å²) in [7, 11) is 1.66. The van der Waals surface area contributed by atoms with Crippen molar-refractivity contribution in [3.8, 4) is 17.0 Å². The molecule has 5 rings (SSSR count). The van der Waals surface area contributed by atoms with Gasteiger partial charge in [-0.2, -0.15) is 4.98 Å². The summed E-state index contributed by atoms with van der Waals surface area (Å²) >= 11 is 1.53. The second kappa shape index (κ2) is 6.33. The van der Waals surface area contributed by atoms with Gasteiger partial charge in [0.1, 0.15) is 5.75 Å². The number of rotatable bonds is 4. The van der Waals surface area contributed by atoms with Crippen LogP contribution in [0.1, 0.15) is 0 Å². The highest BCUT2D eigenvalue weighted by atomic mass is 32.1. The summed E-state index contributed by atoms with van der Waals surface area (Å²) in [5, 5.41) is 9.75. The predicted octanol–water partition coefficient (Wildman–Crippen LogP) is 4.15. The van der Waals surface area contributed by atoms with Gasteiger partial charge in [0.25, 0.3) is 0 Å². The molecule has 0 aliphatic carbocycles. The lowest BCUT2D eigenvalue weighted by Crippen LogP contribution is -1.98. The standard InChI is InChI=1S/C19H14N6OS/c1-26-13-6-4-5-12(9-13)16-11-27-19-23-18(24-25(16)19)22-17-10-20-14-7-2-3-8-15(14)21-17/h2-11H,1H3,(H,21,22,24). The summed E-state index contributed by atoms with van der Waals surface area (Å²) in [6.07, 6.45) is 1.68. The number of aromatic nitrogens is 5. The van der Waals surface area contributed by atoms with E-state index in [-0.39, 0.29) is 0 Å². The fourth-order valence-electron chi connectivity index (χ4n) is 2.85. The molecule has 0 spiro atoms. The molecule has 2 aromatic carbocycles. The van der Waals surface area contributed by atoms with Gasteiger partial charge in [-0.3, -0.25) is 4.98 Å². The van der Waals surface area contributed by atoms with Crippen molar-refractivity contribution < 1.29 is 4.74 Å². The van der Waals surface area contributed by atoms with E-state index < -0.39 is 0 Å². The Morgan fingerprint density at radius 1 is 1.04 bits per heavy atom. The van der Waals surface area contributed by atoms with E-state index in [4.69, 9.17) is 4.74 Å². The lowest BCUT2D eigenvalue weighted by atomic mass is 10.2. The molecule has 3 aromatic heterocycles. The van der Waals surface area contributed by atoms with Crippen LogP contribution in [0, 0.1) is 0 Å². The highest BCUT2D eigenvalue weighted by molar-refractivity contribution is 7.15. The number of fused-ring (bicyclic) bond motifs is 2. The van der Waals surface area contributed by atoms with Gasteiger partial charge in [0.05, 0.1) is 30.0 Å². The van der Waals surface area contributed by atoms with Crippen molar-refractivity contribution in [2.45, 2.75) is 0 Å². The topological polar surface area (TPSA) is 77.2 Å². The average Bonchev–Trinajstić information content (AvgIpc) is 3.28. The van der Waals surface area contributed by atoms with Crippen molar-refractivity contribution in [3.05, 3.63) is 60.1 Å². The molecule has 5 aromatic rings. The second-order valence-electron chi connectivity index (χ2n) is 5.85. The molecule has 0 aliphatic heterocycles. The van der Waals surface area contributed by atoms with E-state index in [0.29, 0.717) is 11.8 Å². The van der Waals surface area contributed by atoms with Gasteiger partial charge in [0.2, 0.25) is 10.9 Å². The molecular formula is C19H14N6OS. The maximum Gasteiger partial charge on any atom is 0.249 e. The zero-order valence-corrected chi connectivity index (χ0v) is 15.1. The Morgan fingerprint density at radius 3 is 2.81 bits per heavy atom. The SMILES string of the molecule is COc1cccc(-c2csc3nc(Nc4cnc5ccccc5n4)nn23)c1. The van der Waals surface area contributed by atoms with E-state index in [0.717, 1.165) is 33.0 Å². The first kappa shape index (κ1) is 15.7. The third-order valence-electron chi connectivity index (χ3n) is 4.14. The van der Waals surface area contributed by atoms with E-state index in [1.807, 2.05) is 58.4 Å². The van der Waals surface area contributed by atoms with Gasteiger partial charge in [-0.25, -0.2) is 9.50 Å². The molecular weight excluding hydrogens is 360 g/mol. The van der Waals surface area contributed by atoms with Gasteiger partial charge in [-0.1, -0.05) is 24.3 Å². The molecule has 0 unspecified atom stereocenters. The highest BCUT2D eigenvalue weighted by Crippen LogP contribution is 2.28. The number of benzene rings is 2. The van der Waals surface area contributed by atoms with Crippen molar-refractivity contribution in [1.29, 1.82) is 0 Å². The lowest BCUT2D eigenvalue weighted by molar-refractivity contribution is 0.415. The number of anilines is 2. The Hall–Kier alpha value is -3.52. The van der Waals surface area contributed by atoms with Crippen LogP contribution in [0.4, 0.5) is 11.8 Å². The van der Waals surface area contributed by atoms with Crippen molar-refractivity contribution in [2.75, 3.05) is 12.4 Å². The van der Waals surface area contributed by atoms with Gasteiger partial charge >= 0.3 is 0 Å². The minimum Gasteiger partial charge on any atom is -0.497 e. The Kier molecular flexibility index (Phi) is 3.68. The third-order valence-corrected chi connectivity index (χ3v) is 4.95. The average molecular weight is 374 g/mol. The van der Waals surface area contributed by atoms with Crippen molar-refractivity contribution in [1.82, 2.24) is 24.6 Å². The maximum atomic E-state index is 5.31. The van der Waals surface area contributed by atoms with Crippen LogP contribution < -0.4 is 10.1 Å². The largest absolute Gasteiger partial charge is 0.497 e. The summed E-state index contributed by atoms with van der Waals surface area (Å²) in [5.74, 6) is 1.89. The van der Waals surface area contributed by atoms with E-state index in [1.54, 1.807) is 13.3 Å². The Balaban J connectivity index is 1.50. The predicted molar refractivity (Wildman–Crippen MR) is 106 cm³/mol. The molecule has 3 heterocycles. The Labute approximate surface area is 158 Å². The van der Waals surface area contributed by atoms with Gasteiger partial charge in [0.15, 0.2) is 5.82 Å². The highest BCUT2D eigenvalue weighted by Gasteiger charge is 2.13.